The lowest BCUT2D eigenvalue weighted by molar-refractivity contribution is 0.0621. The minimum Gasteiger partial charge on any atom is -0.443 e. The third-order valence-corrected chi connectivity index (χ3v) is 4.58. The van der Waals surface area contributed by atoms with Crippen LogP contribution in [0.25, 0.3) is 11.1 Å². The molecule has 0 saturated carbocycles. The summed E-state index contributed by atoms with van der Waals surface area (Å²) < 4.78 is 5.25. The van der Waals surface area contributed by atoms with Crippen LogP contribution in [0.5, 0.6) is 0 Å². The van der Waals surface area contributed by atoms with Crippen molar-refractivity contribution in [3.8, 4) is 0 Å². The van der Waals surface area contributed by atoms with Crippen LogP contribution in [-0.4, -0.2) is 41.5 Å². The van der Waals surface area contributed by atoms with Crippen LogP contribution >= 0.6 is 12.4 Å². The summed E-state index contributed by atoms with van der Waals surface area (Å²) in [6.45, 7) is 3.33. The molecule has 0 spiro atoms. The van der Waals surface area contributed by atoms with Gasteiger partial charge in [-0.1, -0.05) is 6.07 Å². The second-order valence-corrected chi connectivity index (χ2v) is 5.72. The number of piperidine rings is 3. The van der Waals surface area contributed by atoms with Crippen molar-refractivity contribution in [3.63, 3.8) is 0 Å². The number of oxazole rings is 1. The lowest BCUT2D eigenvalue weighted by Gasteiger charge is -2.44. The van der Waals surface area contributed by atoms with Gasteiger partial charge < -0.3 is 14.6 Å². The fourth-order valence-electron chi connectivity index (χ4n) is 3.44. The molecule has 3 aliphatic rings. The van der Waals surface area contributed by atoms with E-state index < -0.39 is 0 Å². The molecule has 5 nitrogen and oxygen atoms in total. The summed E-state index contributed by atoms with van der Waals surface area (Å²) in [6, 6.07) is 5.74. The number of fused-ring (bicyclic) bond motifs is 4. The molecular weight excluding hydrogens is 290 g/mol. The van der Waals surface area contributed by atoms with Crippen molar-refractivity contribution in [3.05, 3.63) is 30.2 Å². The summed E-state index contributed by atoms with van der Waals surface area (Å²) in [4.78, 5) is 19.1. The van der Waals surface area contributed by atoms with E-state index in [-0.39, 0.29) is 24.4 Å². The van der Waals surface area contributed by atoms with Gasteiger partial charge in [-0.25, -0.2) is 4.98 Å². The van der Waals surface area contributed by atoms with Gasteiger partial charge in [-0.2, -0.15) is 0 Å². The Morgan fingerprint density at radius 2 is 2.14 bits per heavy atom. The molecule has 21 heavy (non-hydrogen) atoms. The average molecular weight is 308 g/mol. The van der Waals surface area contributed by atoms with Gasteiger partial charge in [0.1, 0.15) is 5.52 Å². The number of halogens is 1. The molecule has 2 aromatic rings. The van der Waals surface area contributed by atoms with Crippen LogP contribution in [0, 0.1) is 5.92 Å². The Morgan fingerprint density at radius 3 is 2.86 bits per heavy atom. The molecule has 1 atom stereocenters. The quantitative estimate of drug-likeness (QED) is 0.923. The summed E-state index contributed by atoms with van der Waals surface area (Å²) in [7, 11) is 0. The first-order valence-corrected chi connectivity index (χ1v) is 7.17. The number of amides is 1. The number of carbonyl (C=O) groups is 1. The van der Waals surface area contributed by atoms with E-state index in [9.17, 15) is 4.79 Å². The predicted molar refractivity (Wildman–Crippen MR) is 81.7 cm³/mol. The first kappa shape index (κ1) is 14.4. The minimum absolute atomic E-state index is 0. The van der Waals surface area contributed by atoms with Gasteiger partial charge in [-0.15, -0.1) is 12.4 Å². The monoisotopic (exact) mass is 307 g/mol. The van der Waals surface area contributed by atoms with E-state index in [1.807, 2.05) is 18.2 Å². The molecule has 4 heterocycles. The lowest BCUT2D eigenvalue weighted by Crippen LogP contribution is -2.57. The third kappa shape index (κ3) is 2.51. The first-order chi connectivity index (χ1) is 9.81. The van der Waals surface area contributed by atoms with Gasteiger partial charge >= 0.3 is 0 Å². The normalized spacial score (nSPS) is 27.3. The van der Waals surface area contributed by atoms with Gasteiger partial charge in [-0.05, 0) is 44.0 Å². The van der Waals surface area contributed by atoms with Crippen LogP contribution in [0.15, 0.2) is 29.0 Å². The van der Waals surface area contributed by atoms with Crippen molar-refractivity contribution in [2.75, 3.05) is 19.6 Å². The van der Waals surface area contributed by atoms with Crippen LogP contribution in [0.4, 0.5) is 0 Å². The first-order valence-electron chi connectivity index (χ1n) is 7.17. The van der Waals surface area contributed by atoms with E-state index in [1.54, 1.807) is 0 Å². The van der Waals surface area contributed by atoms with Gasteiger partial charge in [-0.3, -0.25) is 4.79 Å². The SMILES string of the molecule is Cl.O=C(N[C@@H]1CN2CCC1CC2)c1cccc2ocnc12. The summed E-state index contributed by atoms with van der Waals surface area (Å²) in [6.07, 6.45) is 3.77. The highest BCUT2D eigenvalue weighted by atomic mass is 35.5. The molecule has 5 rings (SSSR count). The Hall–Kier alpha value is -1.59. The average Bonchev–Trinajstić information content (AvgIpc) is 2.96. The van der Waals surface area contributed by atoms with E-state index in [1.165, 1.54) is 32.3 Å². The van der Waals surface area contributed by atoms with Crippen molar-refractivity contribution in [2.24, 2.45) is 5.92 Å². The summed E-state index contributed by atoms with van der Waals surface area (Å²) in [5, 5.41) is 3.19. The maximum Gasteiger partial charge on any atom is 0.253 e. The summed E-state index contributed by atoms with van der Waals surface area (Å²) >= 11 is 0. The molecule has 1 aromatic heterocycles. The summed E-state index contributed by atoms with van der Waals surface area (Å²) in [5.41, 5.74) is 1.91. The van der Waals surface area contributed by atoms with Crippen LogP contribution in [-0.2, 0) is 0 Å². The molecule has 3 saturated heterocycles. The molecule has 1 aromatic carbocycles. The minimum atomic E-state index is -0.0387. The molecule has 3 fully saturated rings. The zero-order chi connectivity index (χ0) is 13.5. The number of nitrogens with zero attached hydrogens (tertiary/aromatic N) is 2. The Kier molecular flexibility index (Phi) is 3.87. The largest absolute Gasteiger partial charge is 0.443 e. The number of nitrogens with one attached hydrogen (secondary N) is 1. The Morgan fingerprint density at radius 1 is 1.33 bits per heavy atom. The molecule has 1 N–H and O–H groups in total. The van der Waals surface area contributed by atoms with Gasteiger partial charge in [0.25, 0.3) is 5.91 Å². The van der Waals surface area contributed by atoms with Crippen molar-refractivity contribution in [1.29, 1.82) is 0 Å². The second-order valence-electron chi connectivity index (χ2n) is 5.72. The summed E-state index contributed by atoms with van der Waals surface area (Å²) in [5.74, 6) is 0.587. The molecule has 0 radical (unpaired) electrons. The maximum absolute atomic E-state index is 12.5. The Bertz CT molecular complexity index is 649. The fraction of sp³-hybridized carbons (Fsp3) is 0.467. The fourth-order valence-corrected chi connectivity index (χ4v) is 3.44. The standard InChI is InChI=1S/C15H17N3O2.ClH/c19-15(11-2-1-3-13-14(11)16-9-20-13)17-12-8-18-6-4-10(12)5-7-18;/h1-3,9-10,12H,4-8H2,(H,17,19);1H/t12-;/m1./s1. The van der Waals surface area contributed by atoms with E-state index in [0.717, 1.165) is 6.54 Å². The number of rotatable bonds is 2. The third-order valence-electron chi connectivity index (χ3n) is 4.58. The van der Waals surface area contributed by atoms with Gasteiger partial charge in [0.15, 0.2) is 12.0 Å². The molecular formula is C15H18ClN3O2. The van der Waals surface area contributed by atoms with Crippen LogP contribution in [0.1, 0.15) is 23.2 Å². The second kappa shape index (κ2) is 5.66. The number of hydrogen-bond donors (Lipinski definition) is 1. The molecule has 3 aliphatic heterocycles. The molecule has 0 aliphatic carbocycles. The van der Waals surface area contributed by atoms with Gasteiger partial charge in [0, 0.05) is 12.6 Å². The zero-order valence-electron chi connectivity index (χ0n) is 11.6. The number of aromatic nitrogens is 1. The number of benzene rings is 1. The maximum atomic E-state index is 12.5. The Balaban J connectivity index is 0.00000132. The Labute approximate surface area is 129 Å². The molecule has 2 bridgehead atoms. The van der Waals surface area contributed by atoms with Crippen LogP contribution in [0.2, 0.25) is 0 Å². The number of hydrogen-bond acceptors (Lipinski definition) is 4. The molecule has 1 amide bonds. The van der Waals surface area contributed by atoms with E-state index in [4.69, 9.17) is 4.42 Å². The van der Waals surface area contributed by atoms with Gasteiger partial charge in [0.2, 0.25) is 0 Å². The highest BCUT2D eigenvalue weighted by molar-refractivity contribution is 6.04. The predicted octanol–water partition coefficient (Wildman–Crippen LogP) is 2.07. The van der Waals surface area contributed by atoms with Crippen molar-refractivity contribution < 1.29 is 9.21 Å². The van der Waals surface area contributed by atoms with Crippen molar-refractivity contribution in [1.82, 2.24) is 15.2 Å². The molecule has 6 heteroatoms. The van der Waals surface area contributed by atoms with E-state index in [2.05, 4.69) is 15.2 Å². The highest BCUT2D eigenvalue weighted by Crippen LogP contribution is 2.28. The highest BCUT2D eigenvalue weighted by Gasteiger charge is 2.35. The smallest absolute Gasteiger partial charge is 0.253 e. The topological polar surface area (TPSA) is 58.4 Å². The number of para-hydroxylation sites is 1. The zero-order valence-corrected chi connectivity index (χ0v) is 12.4. The lowest BCUT2D eigenvalue weighted by atomic mass is 9.84. The number of carbonyl (C=O) groups excluding carboxylic acids is 1. The van der Waals surface area contributed by atoms with Crippen molar-refractivity contribution >= 4 is 29.4 Å². The van der Waals surface area contributed by atoms with Crippen molar-refractivity contribution in [2.45, 2.75) is 18.9 Å². The van der Waals surface area contributed by atoms with E-state index in [0.29, 0.717) is 22.6 Å². The van der Waals surface area contributed by atoms with Crippen LogP contribution in [0.3, 0.4) is 0 Å². The molecule has 112 valence electrons. The molecule has 0 unspecified atom stereocenters. The van der Waals surface area contributed by atoms with Crippen LogP contribution < -0.4 is 5.32 Å². The van der Waals surface area contributed by atoms with Gasteiger partial charge in [0.05, 0.1) is 5.56 Å². The van der Waals surface area contributed by atoms with E-state index >= 15 is 0 Å².